The van der Waals surface area contributed by atoms with Crippen molar-refractivity contribution < 1.29 is 29.9 Å². The zero-order valence-electron chi connectivity index (χ0n) is 6.33. The lowest BCUT2D eigenvalue weighted by Crippen LogP contribution is -2.34. The van der Waals surface area contributed by atoms with E-state index >= 15 is 0 Å². The quantitative estimate of drug-likeness (QED) is 0.273. The molecule has 1 heterocycles. The van der Waals surface area contributed by atoms with Gasteiger partial charge in [-0.1, -0.05) is 0 Å². The second kappa shape index (κ2) is 4.13. The van der Waals surface area contributed by atoms with E-state index in [1.807, 2.05) is 0 Å². The standard InChI is InChI=1S/C6H12O6/c7-1-2-11-5(9)3(8)4-6(10)12-4/h3-10H,1-2H2. The van der Waals surface area contributed by atoms with Crippen LogP contribution in [0.2, 0.25) is 0 Å². The molecule has 0 aromatic rings. The summed E-state index contributed by atoms with van der Waals surface area (Å²) in [5, 5.41) is 35.1. The van der Waals surface area contributed by atoms with Gasteiger partial charge in [-0.3, -0.25) is 0 Å². The maximum Gasteiger partial charge on any atom is 0.184 e. The fourth-order valence-electron chi connectivity index (χ4n) is 0.799. The molecule has 12 heavy (non-hydrogen) atoms. The van der Waals surface area contributed by atoms with Crippen LogP contribution in [0, 0.1) is 0 Å². The van der Waals surface area contributed by atoms with Gasteiger partial charge in [-0.05, 0) is 0 Å². The topological polar surface area (TPSA) is 103 Å². The molecule has 0 saturated carbocycles. The summed E-state index contributed by atoms with van der Waals surface area (Å²) >= 11 is 0. The van der Waals surface area contributed by atoms with Gasteiger partial charge in [-0.2, -0.15) is 0 Å². The minimum atomic E-state index is -1.43. The highest BCUT2D eigenvalue weighted by molar-refractivity contribution is 4.84. The van der Waals surface area contributed by atoms with Gasteiger partial charge in [0.1, 0.15) is 12.2 Å². The first-order valence-electron chi connectivity index (χ1n) is 3.59. The number of ether oxygens (including phenoxy) is 2. The second-order valence-corrected chi connectivity index (χ2v) is 2.47. The van der Waals surface area contributed by atoms with Crippen molar-refractivity contribution in [2.45, 2.75) is 24.8 Å². The van der Waals surface area contributed by atoms with Crippen LogP contribution >= 0.6 is 0 Å². The molecule has 0 aromatic heterocycles. The first-order chi connectivity index (χ1) is 5.66. The highest BCUT2D eigenvalue weighted by Gasteiger charge is 2.46. The van der Waals surface area contributed by atoms with Crippen molar-refractivity contribution in [3.05, 3.63) is 0 Å². The van der Waals surface area contributed by atoms with Crippen molar-refractivity contribution in [2.24, 2.45) is 0 Å². The summed E-state index contributed by atoms with van der Waals surface area (Å²) in [5.74, 6) is 0. The SMILES string of the molecule is OCCOC(O)C(O)C1OC1O. The van der Waals surface area contributed by atoms with Crippen molar-refractivity contribution in [3.8, 4) is 0 Å². The molecule has 72 valence electrons. The average molecular weight is 180 g/mol. The zero-order valence-corrected chi connectivity index (χ0v) is 6.33. The van der Waals surface area contributed by atoms with Crippen LogP contribution in [0.25, 0.3) is 0 Å². The summed E-state index contributed by atoms with van der Waals surface area (Å²) in [6.07, 6.45) is -4.50. The molecule has 1 aliphatic rings. The molecule has 1 saturated heterocycles. The van der Waals surface area contributed by atoms with E-state index in [1.54, 1.807) is 0 Å². The maximum absolute atomic E-state index is 9.11. The minimum Gasteiger partial charge on any atom is -0.394 e. The van der Waals surface area contributed by atoms with Crippen LogP contribution in [0.1, 0.15) is 0 Å². The Morgan fingerprint density at radius 3 is 2.42 bits per heavy atom. The van der Waals surface area contributed by atoms with E-state index in [2.05, 4.69) is 9.47 Å². The van der Waals surface area contributed by atoms with Crippen molar-refractivity contribution in [2.75, 3.05) is 13.2 Å². The fourth-order valence-corrected chi connectivity index (χ4v) is 0.799. The van der Waals surface area contributed by atoms with Crippen molar-refractivity contribution in [3.63, 3.8) is 0 Å². The van der Waals surface area contributed by atoms with E-state index in [0.717, 1.165) is 0 Å². The van der Waals surface area contributed by atoms with Crippen LogP contribution in [0.4, 0.5) is 0 Å². The Labute approximate surface area is 69.0 Å². The van der Waals surface area contributed by atoms with E-state index in [1.165, 1.54) is 0 Å². The van der Waals surface area contributed by atoms with E-state index < -0.39 is 24.8 Å². The van der Waals surface area contributed by atoms with Crippen LogP contribution < -0.4 is 0 Å². The van der Waals surface area contributed by atoms with Crippen molar-refractivity contribution in [1.29, 1.82) is 0 Å². The lowest BCUT2D eigenvalue weighted by Gasteiger charge is -2.15. The number of aliphatic hydroxyl groups is 4. The van der Waals surface area contributed by atoms with Gasteiger partial charge in [-0.25, -0.2) is 0 Å². The minimum absolute atomic E-state index is 0.0684. The van der Waals surface area contributed by atoms with Gasteiger partial charge < -0.3 is 29.9 Å². The van der Waals surface area contributed by atoms with Gasteiger partial charge in [0.15, 0.2) is 12.6 Å². The highest BCUT2D eigenvalue weighted by Crippen LogP contribution is 2.24. The third-order valence-electron chi connectivity index (χ3n) is 1.51. The van der Waals surface area contributed by atoms with E-state index in [4.69, 9.17) is 20.4 Å². The lowest BCUT2D eigenvalue weighted by molar-refractivity contribution is -0.170. The lowest BCUT2D eigenvalue weighted by atomic mass is 10.2. The smallest absolute Gasteiger partial charge is 0.184 e. The first-order valence-corrected chi connectivity index (χ1v) is 3.59. The molecule has 0 spiro atoms. The molecule has 0 aromatic carbocycles. The van der Waals surface area contributed by atoms with Gasteiger partial charge in [0.05, 0.1) is 13.2 Å². The summed E-state index contributed by atoms with van der Waals surface area (Å²) in [6.45, 7) is -0.307. The third-order valence-corrected chi connectivity index (χ3v) is 1.51. The van der Waals surface area contributed by atoms with Crippen LogP contribution in [0.5, 0.6) is 0 Å². The van der Waals surface area contributed by atoms with Gasteiger partial charge in [0, 0.05) is 0 Å². The number of hydrogen-bond donors (Lipinski definition) is 4. The van der Waals surface area contributed by atoms with Crippen LogP contribution in [-0.2, 0) is 9.47 Å². The third kappa shape index (κ3) is 2.37. The molecular formula is C6H12O6. The van der Waals surface area contributed by atoms with Crippen molar-refractivity contribution in [1.82, 2.24) is 0 Å². The predicted octanol–water partition coefficient (Wildman–Crippen LogP) is -2.61. The number of epoxide rings is 1. The molecule has 6 nitrogen and oxygen atoms in total. The van der Waals surface area contributed by atoms with Crippen LogP contribution in [0.3, 0.4) is 0 Å². The summed E-state index contributed by atoms with van der Waals surface area (Å²) < 4.78 is 9.05. The Kier molecular flexibility index (Phi) is 3.39. The average Bonchev–Trinajstić information content (AvgIpc) is 2.77. The Morgan fingerprint density at radius 2 is 2.00 bits per heavy atom. The molecular weight excluding hydrogens is 168 g/mol. The number of rotatable bonds is 5. The van der Waals surface area contributed by atoms with Crippen LogP contribution in [-0.4, -0.2) is 58.4 Å². The summed E-state index contributed by atoms with van der Waals surface area (Å²) in [6, 6.07) is 0. The van der Waals surface area contributed by atoms with Crippen LogP contribution in [0.15, 0.2) is 0 Å². The zero-order chi connectivity index (χ0) is 9.14. The van der Waals surface area contributed by atoms with Gasteiger partial charge >= 0.3 is 0 Å². The molecule has 4 N–H and O–H groups in total. The number of aliphatic hydroxyl groups excluding tert-OH is 4. The van der Waals surface area contributed by atoms with E-state index in [9.17, 15) is 0 Å². The van der Waals surface area contributed by atoms with Gasteiger partial charge in [0.25, 0.3) is 0 Å². The molecule has 4 unspecified atom stereocenters. The molecule has 6 heteroatoms. The second-order valence-electron chi connectivity index (χ2n) is 2.47. The molecule has 0 bridgehead atoms. The molecule has 1 aliphatic heterocycles. The molecule has 0 radical (unpaired) electrons. The Morgan fingerprint density at radius 1 is 1.42 bits per heavy atom. The molecule has 0 aliphatic carbocycles. The molecule has 1 fully saturated rings. The predicted molar refractivity (Wildman–Crippen MR) is 35.9 cm³/mol. The van der Waals surface area contributed by atoms with Gasteiger partial charge in [0.2, 0.25) is 0 Å². The van der Waals surface area contributed by atoms with Gasteiger partial charge in [-0.15, -0.1) is 0 Å². The molecule has 4 atom stereocenters. The highest BCUT2D eigenvalue weighted by atomic mass is 16.7. The maximum atomic E-state index is 9.11. The van der Waals surface area contributed by atoms with E-state index in [0.29, 0.717) is 0 Å². The Balaban J connectivity index is 2.17. The molecule has 1 rings (SSSR count). The largest absolute Gasteiger partial charge is 0.394 e. The normalized spacial score (nSPS) is 33.0. The summed E-state index contributed by atoms with van der Waals surface area (Å²) in [5.41, 5.74) is 0. The monoisotopic (exact) mass is 180 g/mol. The summed E-state index contributed by atoms with van der Waals surface area (Å²) in [7, 11) is 0. The molecule has 0 amide bonds. The first kappa shape index (κ1) is 9.85. The fraction of sp³-hybridized carbons (Fsp3) is 1.00. The Hall–Kier alpha value is -0.240. The Bertz CT molecular complexity index is 140. The summed E-state index contributed by atoms with van der Waals surface area (Å²) in [4.78, 5) is 0. The number of hydrogen-bond acceptors (Lipinski definition) is 6. The van der Waals surface area contributed by atoms with Crippen molar-refractivity contribution >= 4 is 0 Å². The van der Waals surface area contributed by atoms with E-state index in [-0.39, 0.29) is 13.2 Å².